The molecule has 142 valence electrons. The number of carbonyl (C=O) groups is 2. The van der Waals surface area contributed by atoms with Gasteiger partial charge in [-0.1, -0.05) is 18.2 Å². The number of halogens is 3. The second-order valence-electron chi connectivity index (χ2n) is 5.58. The van der Waals surface area contributed by atoms with Crippen LogP contribution in [-0.4, -0.2) is 25.3 Å². The molecule has 0 fully saturated rings. The number of amides is 1. The van der Waals surface area contributed by atoms with Crippen LogP contribution in [0.25, 0.3) is 0 Å². The van der Waals surface area contributed by atoms with Gasteiger partial charge in [0.2, 0.25) is 6.79 Å². The maximum atomic E-state index is 12.9. The first-order valence-electron chi connectivity index (χ1n) is 7.83. The lowest BCUT2D eigenvalue weighted by Crippen LogP contribution is -2.29. The van der Waals surface area contributed by atoms with Crippen molar-refractivity contribution in [2.24, 2.45) is 0 Å². The monoisotopic (exact) mass is 381 g/mol. The van der Waals surface area contributed by atoms with Gasteiger partial charge >= 0.3 is 12.1 Å². The molecule has 0 aromatic heterocycles. The first kappa shape index (κ1) is 18.6. The molecule has 3 rings (SSSR count). The van der Waals surface area contributed by atoms with Crippen LogP contribution in [0.15, 0.2) is 42.5 Å². The van der Waals surface area contributed by atoms with E-state index in [1.54, 1.807) is 0 Å². The lowest BCUT2D eigenvalue weighted by atomic mass is 10.1. The zero-order valence-electron chi connectivity index (χ0n) is 13.8. The van der Waals surface area contributed by atoms with Gasteiger partial charge in [-0.05, 0) is 29.8 Å². The number of ether oxygens (including phenoxy) is 3. The highest BCUT2D eigenvalue weighted by Gasteiger charge is 2.32. The summed E-state index contributed by atoms with van der Waals surface area (Å²) in [5.74, 6) is -0.606. The van der Waals surface area contributed by atoms with Crippen LogP contribution in [0.2, 0.25) is 0 Å². The van der Waals surface area contributed by atoms with E-state index in [4.69, 9.17) is 14.2 Å². The van der Waals surface area contributed by atoms with Crippen molar-refractivity contribution in [2.45, 2.75) is 12.7 Å². The summed E-state index contributed by atoms with van der Waals surface area (Å²) < 4.78 is 53.8. The number of hydrogen-bond donors (Lipinski definition) is 1. The summed E-state index contributed by atoms with van der Waals surface area (Å²) in [6, 6.07) is 9.31. The predicted molar refractivity (Wildman–Crippen MR) is 86.1 cm³/mol. The average Bonchev–Trinajstić information content (AvgIpc) is 3.11. The molecule has 0 saturated heterocycles. The Morgan fingerprint density at radius 2 is 1.81 bits per heavy atom. The lowest BCUT2D eigenvalue weighted by molar-refractivity contribution is -0.138. The molecule has 9 heteroatoms. The molecular weight excluding hydrogens is 367 g/mol. The lowest BCUT2D eigenvalue weighted by Gasteiger charge is -2.13. The number of carbonyl (C=O) groups excluding carboxylic acids is 2. The normalized spacial score (nSPS) is 12.6. The van der Waals surface area contributed by atoms with Crippen molar-refractivity contribution in [1.82, 2.24) is 5.32 Å². The second-order valence-corrected chi connectivity index (χ2v) is 5.58. The van der Waals surface area contributed by atoms with Gasteiger partial charge in [0.1, 0.15) is 0 Å². The summed E-state index contributed by atoms with van der Waals surface area (Å²) in [5, 5.41) is 2.30. The van der Waals surface area contributed by atoms with Crippen LogP contribution in [0.4, 0.5) is 13.2 Å². The van der Waals surface area contributed by atoms with Crippen LogP contribution in [0.3, 0.4) is 0 Å². The number of esters is 1. The Balaban J connectivity index is 1.53. The first-order chi connectivity index (χ1) is 12.8. The molecule has 1 heterocycles. The fourth-order valence-corrected chi connectivity index (χ4v) is 2.43. The largest absolute Gasteiger partial charge is 0.454 e. The van der Waals surface area contributed by atoms with Crippen LogP contribution >= 0.6 is 0 Å². The van der Waals surface area contributed by atoms with E-state index in [9.17, 15) is 22.8 Å². The minimum absolute atomic E-state index is 0.0512. The maximum Gasteiger partial charge on any atom is 0.416 e. The standard InChI is InChI=1S/C18H14F3NO5/c19-18(20,21)13-4-2-1-3-12(13)8-22-16(23)9-25-17(24)11-5-6-14-15(7-11)27-10-26-14/h1-7H,8-10H2,(H,22,23). The van der Waals surface area contributed by atoms with E-state index >= 15 is 0 Å². The smallest absolute Gasteiger partial charge is 0.416 e. The predicted octanol–water partition coefficient (Wildman–Crippen LogP) is 2.91. The summed E-state index contributed by atoms with van der Waals surface area (Å²) in [7, 11) is 0. The van der Waals surface area contributed by atoms with Crippen LogP contribution in [0.1, 0.15) is 21.5 Å². The molecule has 1 N–H and O–H groups in total. The molecule has 0 unspecified atom stereocenters. The molecular formula is C18H14F3NO5. The minimum Gasteiger partial charge on any atom is -0.454 e. The van der Waals surface area contributed by atoms with E-state index in [2.05, 4.69) is 5.32 Å². The Bertz CT molecular complexity index is 866. The molecule has 1 aliphatic heterocycles. The number of hydrogen-bond acceptors (Lipinski definition) is 5. The van der Waals surface area contributed by atoms with Crippen LogP contribution in [0, 0.1) is 0 Å². The third kappa shape index (κ3) is 4.49. The van der Waals surface area contributed by atoms with Gasteiger partial charge in [0.25, 0.3) is 5.91 Å². The molecule has 1 aliphatic rings. The second kappa shape index (κ2) is 7.56. The van der Waals surface area contributed by atoms with Crippen molar-refractivity contribution >= 4 is 11.9 Å². The molecule has 0 bridgehead atoms. The van der Waals surface area contributed by atoms with Gasteiger partial charge in [0.15, 0.2) is 18.1 Å². The molecule has 0 aliphatic carbocycles. The Labute approximate surface area is 151 Å². The van der Waals surface area contributed by atoms with Crippen LogP contribution in [-0.2, 0) is 22.3 Å². The van der Waals surface area contributed by atoms with Crippen molar-refractivity contribution in [2.75, 3.05) is 13.4 Å². The Kier molecular flexibility index (Phi) is 5.20. The molecule has 1 amide bonds. The van der Waals surface area contributed by atoms with Crippen molar-refractivity contribution in [3.05, 3.63) is 59.2 Å². The summed E-state index contributed by atoms with van der Waals surface area (Å²) in [6.07, 6.45) is -4.52. The maximum absolute atomic E-state index is 12.9. The molecule has 0 atom stereocenters. The van der Waals surface area contributed by atoms with Gasteiger partial charge in [-0.3, -0.25) is 4.79 Å². The summed E-state index contributed by atoms with van der Waals surface area (Å²) in [5.41, 5.74) is -0.752. The van der Waals surface area contributed by atoms with Crippen molar-refractivity contribution < 1.29 is 37.0 Å². The fourth-order valence-electron chi connectivity index (χ4n) is 2.43. The van der Waals surface area contributed by atoms with E-state index in [0.717, 1.165) is 6.07 Å². The summed E-state index contributed by atoms with van der Waals surface area (Å²) in [4.78, 5) is 23.7. The van der Waals surface area contributed by atoms with E-state index in [0.29, 0.717) is 11.5 Å². The first-order valence-corrected chi connectivity index (χ1v) is 7.83. The van der Waals surface area contributed by atoms with Gasteiger partial charge in [-0.2, -0.15) is 13.2 Å². The van der Waals surface area contributed by atoms with Crippen molar-refractivity contribution in [3.8, 4) is 11.5 Å². The molecule has 2 aromatic rings. The Hall–Kier alpha value is -3.23. The highest BCUT2D eigenvalue weighted by atomic mass is 19.4. The van der Waals surface area contributed by atoms with Crippen LogP contribution < -0.4 is 14.8 Å². The molecule has 0 saturated carbocycles. The topological polar surface area (TPSA) is 73.9 Å². The van der Waals surface area contributed by atoms with E-state index in [-0.39, 0.29) is 24.5 Å². The van der Waals surface area contributed by atoms with Crippen LogP contribution in [0.5, 0.6) is 11.5 Å². The summed E-state index contributed by atoms with van der Waals surface area (Å²) >= 11 is 0. The quantitative estimate of drug-likeness (QED) is 0.807. The van der Waals surface area contributed by atoms with Crippen molar-refractivity contribution in [3.63, 3.8) is 0 Å². The zero-order valence-corrected chi connectivity index (χ0v) is 13.8. The van der Waals surface area contributed by atoms with Gasteiger partial charge in [0.05, 0.1) is 11.1 Å². The van der Waals surface area contributed by atoms with E-state index in [1.165, 1.54) is 36.4 Å². The fraction of sp³-hybridized carbons (Fsp3) is 0.222. The summed E-state index contributed by atoms with van der Waals surface area (Å²) in [6.45, 7) is -0.910. The molecule has 0 spiro atoms. The number of fused-ring (bicyclic) bond motifs is 1. The number of alkyl halides is 3. The van der Waals surface area contributed by atoms with Gasteiger partial charge in [-0.15, -0.1) is 0 Å². The van der Waals surface area contributed by atoms with Gasteiger partial charge < -0.3 is 19.5 Å². The van der Waals surface area contributed by atoms with E-state index in [1.807, 2.05) is 0 Å². The molecule has 27 heavy (non-hydrogen) atoms. The van der Waals surface area contributed by atoms with Gasteiger partial charge in [-0.25, -0.2) is 4.79 Å². The van der Waals surface area contributed by atoms with Gasteiger partial charge in [0, 0.05) is 6.54 Å². The van der Waals surface area contributed by atoms with E-state index < -0.39 is 30.2 Å². The third-order valence-corrected chi connectivity index (χ3v) is 3.74. The number of nitrogens with one attached hydrogen (secondary N) is 1. The average molecular weight is 381 g/mol. The Morgan fingerprint density at radius 1 is 1.07 bits per heavy atom. The zero-order chi connectivity index (χ0) is 19.4. The molecule has 6 nitrogen and oxygen atoms in total. The minimum atomic E-state index is -4.52. The number of rotatable bonds is 5. The molecule has 2 aromatic carbocycles. The molecule has 0 radical (unpaired) electrons. The Morgan fingerprint density at radius 3 is 2.59 bits per heavy atom. The highest BCUT2D eigenvalue weighted by molar-refractivity contribution is 5.92. The highest BCUT2D eigenvalue weighted by Crippen LogP contribution is 2.33. The third-order valence-electron chi connectivity index (χ3n) is 3.74. The number of benzene rings is 2. The SMILES string of the molecule is O=C(COC(=O)c1ccc2c(c1)OCO2)NCc1ccccc1C(F)(F)F. The van der Waals surface area contributed by atoms with Crippen molar-refractivity contribution in [1.29, 1.82) is 0 Å².